The van der Waals surface area contributed by atoms with Crippen LogP contribution in [0.1, 0.15) is 47.0 Å². The molecule has 1 heterocycles. The fraction of sp³-hybridized carbons (Fsp3) is 0.938. The van der Waals surface area contributed by atoms with E-state index in [1.165, 1.54) is 0 Å². The maximum absolute atomic E-state index is 9.33. The van der Waals surface area contributed by atoms with Crippen molar-refractivity contribution in [2.24, 2.45) is 0 Å². The Hall–Kier alpha value is -0.630. The van der Waals surface area contributed by atoms with Crippen molar-refractivity contribution in [1.82, 2.24) is 15.1 Å². The largest absolute Gasteiger partial charge is 0.300 e. The molecular formula is C16H32N4. The van der Waals surface area contributed by atoms with E-state index < -0.39 is 0 Å². The van der Waals surface area contributed by atoms with E-state index >= 15 is 0 Å². The molecule has 1 aliphatic rings. The number of nitrogens with zero attached hydrogens (tertiary/aromatic N) is 3. The van der Waals surface area contributed by atoms with Crippen molar-refractivity contribution in [3.63, 3.8) is 0 Å². The molecule has 0 saturated carbocycles. The van der Waals surface area contributed by atoms with Crippen LogP contribution in [0.5, 0.6) is 0 Å². The molecule has 0 aromatic rings. The van der Waals surface area contributed by atoms with E-state index in [1.54, 1.807) is 0 Å². The molecule has 0 radical (unpaired) electrons. The normalized spacial score (nSPS) is 23.2. The summed E-state index contributed by atoms with van der Waals surface area (Å²) in [5, 5.41) is 12.7. The van der Waals surface area contributed by atoms with Gasteiger partial charge < -0.3 is 4.90 Å². The van der Waals surface area contributed by atoms with Crippen LogP contribution in [-0.4, -0.2) is 60.6 Å². The predicted octanol–water partition coefficient (Wildman–Crippen LogP) is 2.07. The lowest BCUT2D eigenvalue weighted by atomic mass is 9.96. The van der Waals surface area contributed by atoms with Gasteiger partial charge >= 0.3 is 0 Å². The van der Waals surface area contributed by atoms with E-state index in [0.717, 1.165) is 52.0 Å². The van der Waals surface area contributed by atoms with E-state index in [9.17, 15) is 5.26 Å². The molecule has 4 heteroatoms. The van der Waals surface area contributed by atoms with Crippen molar-refractivity contribution in [2.45, 2.75) is 58.0 Å². The number of likely N-dealkylation sites (N-methyl/N-ethyl adjacent to an activating group) is 1. The number of rotatable bonds is 7. The lowest BCUT2D eigenvalue weighted by molar-refractivity contribution is 0.0387. The molecule has 4 nitrogen and oxygen atoms in total. The van der Waals surface area contributed by atoms with Gasteiger partial charge in [-0.1, -0.05) is 6.92 Å². The molecular weight excluding hydrogens is 248 g/mol. The van der Waals surface area contributed by atoms with Crippen LogP contribution >= 0.6 is 0 Å². The van der Waals surface area contributed by atoms with Gasteiger partial charge in [-0.05, 0) is 60.2 Å². The number of hydrogen-bond donors (Lipinski definition) is 1. The van der Waals surface area contributed by atoms with E-state index in [2.05, 4.69) is 49.0 Å². The quantitative estimate of drug-likeness (QED) is 0.775. The van der Waals surface area contributed by atoms with Crippen molar-refractivity contribution in [2.75, 3.05) is 39.8 Å². The zero-order valence-electron chi connectivity index (χ0n) is 14.0. The van der Waals surface area contributed by atoms with E-state index in [-0.39, 0.29) is 11.1 Å². The zero-order valence-corrected chi connectivity index (χ0v) is 14.0. The summed E-state index contributed by atoms with van der Waals surface area (Å²) in [5.41, 5.74) is -0.102. The van der Waals surface area contributed by atoms with Crippen molar-refractivity contribution in [3.05, 3.63) is 0 Å². The third kappa shape index (κ3) is 5.05. The first-order valence-electron chi connectivity index (χ1n) is 7.93. The first-order chi connectivity index (χ1) is 9.33. The molecule has 1 unspecified atom stereocenters. The summed E-state index contributed by atoms with van der Waals surface area (Å²) in [5.74, 6) is 0. The Kier molecular flexibility index (Phi) is 6.44. The zero-order chi connectivity index (χ0) is 15.2. The predicted molar refractivity (Wildman–Crippen MR) is 84.7 cm³/mol. The molecule has 116 valence electrons. The average molecular weight is 280 g/mol. The van der Waals surface area contributed by atoms with Crippen LogP contribution < -0.4 is 5.32 Å². The summed E-state index contributed by atoms with van der Waals surface area (Å²) in [4.78, 5) is 4.98. The van der Waals surface area contributed by atoms with Gasteiger partial charge in [0, 0.05) is 25.2 Å². The van der Waals surface area contributed by atoms with E-state index in [1.807, 2.05) is 6.92 Å². The fourth-order valence-corrected chi connectivity index (χ4v) is 2.77. The minimum absolute atomic E-state index is 0.261. The molecule has 20 heavy (non-hydrogen) atoms. The molecule has 0 aromatic carbocycles. The molecule has 0 aliphatic carbocycles. The maximum atomic E-state index is 9.33. The first kappa shape index (κ1) is 17.4. The minimum atomic E-state index is -0.363. The number of nitrogens with one attached hydrogen (secondary N) is 1. The standard InChI is InChI=1S/C16H32N4/c1-6-9-18-16(4,13-17)8-7-10-20-12-11-19(5)15(2,3)14-20/h18H,6-12,14H2,1-5H3. The highest BCUT2D eigenvalue weighted by Gasteiger charge is 2.31. The van der Waals surface area contributed by atoms with E-state index in [4.69, 9.17) is 0 Å². The smallest absolute Gasteiger partial charge is 0.103 e. The fourth-order valence-electron chi connectivity index (χ4n) is 2.77. The molecule has 0 spiro atoms. The second-order valence-corrected chi connectivity index (χ2v) is 6.98. The van der Waals surface area contributed by atoms with Gasteiger partial charge in [-0.3, -0.25) is 10.2 Å². The first-order valence-corrected chi connectivity index (χ1v) is 7.93. The van der Waals surface area contributed by atoms with Gasteiger partial charge in [0.25, 0.3) is 0 Å². The summed E-state index contributed by atoms with van der Waals surface area (Å²) in [7, 11) is 2.21. The van der Waals surface area contributed by atoms with Crippen LogP contribution in [0.4, 0.5) is 0 Å². The molecule has 1 aliphatic heterocycles. The maximum Gasteiger partial charge on any atom is 0.103 e. The Bertz CT molecular complexity index is 334. The third-order valence-electron chi connectivity index (χ3n) is 4.56. The van der Waals surface area contributed by atoms with Crippen LogP contribution in [0.2, 0.25) is 0 Å². The molecule has 0 amide bonds. The summed E-state index contributed by atoms with van der Waals surface area (Å²) in [6.07, 6.45) is 3.08. The number of piperazine rings is 1. The van der Waals surface area contributed by atoms with Crippen molar-refractivity contribution in [3.8, 4) is 6.07 Å². The molecule has 1 rings (SSSR count). The van der Waals surface area contributed by atoms with Crippen molar-refractivity contribution >= 4 is 0 Å². The van der Waals surface area contributed by atoms with Crippen LogP contribution in [-0.2, 0) is 0 Å². The second-order valence-electron chi connectivity index (χ2n) is 6.98. The van der Waals surface area contributed by atoms with Gasteiger partial charge in [0.2, 0.25) is 0 Å². The lowest BCUT2D eigenvalue weighted by Gasteiger charge is -2.45. The monoisotopic (exact) mass is 280 g/mol. The number of nitriles is 1. The Balaban J connectivity index is 2.35. The molecule has 0 bridgehead atoms. The van der Waals surface area contributed by atoms with Gasteiger partial charge in [-0.2, -0.15) is 5.26 Å². The minimum Gasteiger partial charge on any atom is -0.300 e. The Labute approximate surface area is 125 Å². The molecule has 1 N–H and O–H groups in total. The SMILES string of the molecule is CCCNC(C)(C#N)CCCN1CCN(C)C(C)(C)C1. The van der Waals surface area contributed by atoms with Crippen LogP contribution in [0.3, 0.4) is 0 Å². The van der Waals surface area contributed by atoms with Gasteiger partial charge in [0.15, 0.2) is 0 Å². The summed E-state index contributed by atoms with van der Waals surface area (Å²) < 4.78 is 0. The Morgan fingerprint density at radius 2 is 2.05 bits per heavy atom. The number of hydrogen-bond acceptors (Lipinski definition) is 4. The van der Waals surface area contributed by atoms with Crippen molar-refractivity contribution < 1.29 is 0 Å². The Morgan fingerprint density at radius 1 is 1.35 bits per heavy atom. The van der Waals surface area contributed by atoms with Gasteiger partial charge in [0.05, 0.1) is 6.07 Å². The highest BCUT2D eigenvalue weighted by atomic mass is 15.3. The Morgan fingerprint density at radius 3 is 2.60 bits per heavy atom. The summed E-state index contributed by atoms with van der Waals surface area (Å²) >= 11 is 0. The highest BCUT2D eigenvalue weighted by molar-refractivity contribution is 5.03. The molecule has 1 saturated heterocycles. The topological polar surface area (TPSA) is 42.3 Å². The van der Waals surface area contributed by atoms with Crippen LogP contribution in [0.15, 0.2) is 0 Å². The molecule has 1 atom stereocenters. The van der Waals surface area contributed by atoms with E-state index in [0.29, 0.717) is 0 Å². The molecule has 0 aromatic heterocycles. The summed E-state index contributed by atoms with van der Waals surface area (Å²) in [6.45, 7) is 14.2. The third-order valence-corrected chi connectivity index (χ3v) is 4.56. The van der Waals surface area contributed by atoms with Gasteiger partial charge in [-0.15, -0.1) is 0 Å². The van der Waals surface area contributed by atoms with Gasteiger partial charge in [-0.25, -0.2) is 0 Å². The average Bonchev–Trinajstić information content (AvgIpc) is 2.40. The lowest BCUT2D eigenvalue weighted by Crippen LogP contribution is -2.57. The van der Waals surface area contributed by atoms with Crippen LogP contribution in [0.25, 0.3) is 0 Å². The van der Waals surface area contributed by atoms with Crippen molar-refractivity contribution in [1.29, 1.82) is 5.26 Å². The van der Waals surface area contributed by atoms with Gasteiger partial charge in [0.1, 0.15) is 5.54 Å². The summed E-state index contributed by atoms with van der Waals surface area (Å²) in [6, 6.07) is 2.44. The van der Waals surface area contributed by atoms with Crippen LogP contribution in [0, 0.1) is 11.3 Å². The second kappa shape index (κ2) is 7.40. The highest BCUT2D eigenvalue weighted by Crippen LogP contribution is 2.20. The molecule has 1 fully saturated rings.